The van der Waals surface area contributed by atoms with Gasteiger partial charge in [0.2, 0.25) is 0 Å². The van der Waals surface area contributed by atoms with Crippen LogP contribution in [0, 0.1) is 0 Å². The summed E-state index contributed by atoms with van der Waals surface area (Å²) in [6.45, 7) is 0. The van der Waals surface area contributed by atoms with E-state index in [1.54, 1.807) is 19.4 Å². The molecule has 18 heavy (non-hydrogen) atoms. The molecule has 2 aromatic rings. The lowest BCUT2D eigenvalue weighted by atomic mass is 10.3. The number of hydrogen-bond acceptors (Lipinski definition) is 4. The van der Waals surface area contributed by atoms with Crippen molar-refractivity contribution in [2.75, 3.05) is 18.2 Å². The fourth-order valence-electron chi connectivity index (χ4n) is 1.43. The van der Waals surface area contributed by atoms with Gasteiger partial charge in [-0.3, -0.25) is 0 Å². The average Bonchev–Trinajstić information content (AvgIpc) is 2.32. The van der Waals surface area contributed by atoms with Gasteiger partial charge in [-0.1, -0.05) is 27.5 Å². The first-order valence-corrected chi connectivity index (χ1v) is 6.28. The third kappa shape index (κ3) is 3.05. The van der Waals surface area contributed by atoms with Crippen molar-refractivity contribution < 1.29 is 4.74 Å². The number of nitrogens with two attached hydrogens (primary N) is 1. The summed E-state index contributed by atoms with van der Waals surface area (Å²) in [5, 5.41) is 3.57. The van der Waals surface area contributed by atoms with Crippen molar-refractivity contribution in [2.45, 2.75) is 0 Å². The normalized spacial score (nSPS) is 10.2. The van der Waals surface area contributed by atoms with Gasteiger partial charge in [-0.25, -0.2) is 4.98 Å². The van der Waals surface area contributed by atoms with Gasteiger partial charge in [0.15, 0.2) is 0 Å². The molecule has 0 bridgehead atoms. The molecule has 1 aromatic heterocycles. The van der Waals surface area contributed by atoms with E-state index in [4.69, 9.17) is 22.1 Å². The number of benzene rings is 1. The molecule has 6 heteroatoms. The molecule has 0 fully saturated rings. The summed E-state index contributed by atoms with van der Waals surface area (Å²) in [5.74, 6) is 1.28. The Labute approximate surface area is 118 Å². The van der Waals surface area contributed by atoms with E-state index in [1.165, 1.54) is 0 Å². The van der Waals surface area contributed by atoms with Crippen LogP contribution in [-0.2, 0) is 0 Å². The Kier molecular flexibility index (Phi) is 3.93. The molecule has 4 nitrogen and oxygen atoms in total. The third-order valence-electron chi connectivity index (χ3n) is 2.23. The van der Waals surface area contributed by atoms with E-state index in [0.29, 0.717) is 16.5 Å². The van der Waals surface area contributed by atoms with E-state index >= 15 is 0 Å². The summed E-state index contributed by atoms with van der Waals surface area (Å²) in [4.78, 5) is 4.13. The number of ether oxygens (including phenoxy) is 1. The Hall–Kier alpha value is -1.46. The molecule has 0 aliphatic carbocycles. The standard InChI is InChI=1S/C12H11BrClN3O/c1-18-10-3-7(13)2-9(5-10)17-12-11(14)4-8(15)6-16-12/h2-6H,15H2,1H3,(H,16,17). The molecular weight excluding hydrogens is 318 g/mol. The van der Waals surface area contributed by atoms with Crippen LogP contribution in [0.2, 0.25) is 5.02 Å². The molecule has 0 spiro atoms. The number of rotatable bonds is 3. The van der Waals surface area contributed by atoms with E-state index in [-0.39, 0.29) is 0 Å². The van der Waals surface area contributed by atoms with Crippen molar-refractivity contribution in [1.82, 2.24) is 4.98 Å². The van der Waals surface area contributed by atoms with Gasteiger partial charge in [0.25, 0.3) is 0 Å². The van der Waals surface area contributed by atoms with Crippen LogP contribution in [0.5, 0.6) is 5.75 Å². The van der Waals surface area contributed by atoms with Crippen molar-refractivity contribution in [3.63, 3.8) is 0 Å². The monoisotopic (exact) mass is 327 g/mol. The zero-order valence-corrected chi connectivity index (χ0v) is 11.9. The van der Waals surface area contributed by atoms with Crippen molar-refractivity contribution in [2.24, 2.45) is 0 Å². The second kappa shape index (κ2) is 5.46. The fraction of sp³-hybridized carbons (Fsp3) is 0.0833. The quantitative estimate of drug-likeness (QED) is 0.899. The van der Waals surface area contributed by atoms with Crippen LogP contribution in [0.4, 0.5) is 17.2 Å². The molecule has 0 aliphatic heterocycles. The highest BCUT2D eigenvalue weighted by atomic mass is 79.9. The average molecular weight is 329 g/mol. The lowest BCUT2D eigenvalue weighted by molar-refractivity contribution is 0.415. The van der Waals surface area contributed by atoms with E-state index in [9.17, 15) is 0 Å². The SMILES string of the molecule is COc1cc(Br)cc(Nc2ncc(N)cc2Cl)c1. The Balaban J connectivity index is 2.30. The predicted molar refractivity (Wildman–Crippen MR) is 77.6 cm³/mol. The maximum absolute atomic E-state index is 6.04. The van der Waals surface area contributed by atoms with Crippen LogP contribution in [0.25, 0.3) is 0 Å². The molecule has 1 aromatic carbocycles. The largest absolute Gasteiger partial charge is 0.497 e. The van der Waals surface area contributed by atoms with E-state index in [2.05, 4.69) is 26.2 Å². The van der Waals surface area contributed by atoms with Gasteiger partial charge in [-0.15, -0.1) is 0 Å². The van der Waals surface area contributed by atoms with E-state index < -0.39 is 0 Å². The maximum atomic E-state index is 6.04. The first-order valence-electron chi connectivity index (χ1n) is 5.11. The molecule has 0 aliphatic rings. The van der Waals surface area contributed by atoms with Gasteiger partial charge in [-0.05, 0) is 18.2 Å². The number of nitrogens with zero attached hydrogens (tertiary/aromatic N) is 1. The summed E-state index contributed by atoms with van der Waals surface area (Å²) in [5.41, 5.74) is 6.93. The lowest BCUT2D eigenvalue weighted by Gasteiger charge is -2.10. The van der Waals surface area contributed by atoms with Crippen molar-refractivity contribution in [3.05, 3.63) is 40.0 Å². The second-order valence-corrected chi connectivity index (χ2v) is 4.93. The summed E-state index contributed by atoms with van der Waals surface area (Å²) in [7, 11) is 1.61. The topological polar surface area (TPSA) is 60.2 Å². The third-order valence-corrected chi connectivity index (χ3v) is 2.98. The Morgan fingerprint density at radius 2 is 2.11 bits per heavy atom. The minimum Gasteiger partial charge on any atom is -0.497 e. The van der Waals surface area contributed by atoms with Crippen molar-refractivity contribution in [1.29, 1.82) is 0 Å². The highest BCUT2D eigenvalue weighted by molar-refractivity contribution is 9.10. The lowest BCUT2D eigenvalue weighted by Crippen LogP contribution is -1.97. The molecular formula is C12H11BrClN3O. The van der Waals surface area contributed by atoms with Crippen LogP contribution >= 0.6 is 27.5 Å². The van der Waals surface area contributed by atoms with Gasteiger partial charge in [-0.2, -0.15) is 0 Å². The number of aromatic nitrogens is 1. The molecule has 0 unspecified atom stereocenters. The summed E-state index contributed by atoms with van der Waals surface area (Å²) < 4.78 is 6.08. The zero-order valence-electron chi connectivity index (χ0n) is 9.58. The number of halogens is 2. The number of hydrogen-bond donors (Lipinski definition) is 2. The summed E-state index contributed by atoms with van der Waals surface area (Å²) >= 11 is 9.45. The van der Waals surface area contributed by atoms with Crippen LogP contribution in [-0.4, -0.2) is 12.1 Å². The Bertz CT molecular complexity index is 577. The number of nitrogens with one attached hydrogen (secondary N) is 1. The van der Waals surface area contributed by atoms with Crippen molar-refractivity contribution >= 4 is 44.7 Å². The first-order chi connectivity index (χ1) is 8.58. The van der Waals surface area contributed by atoms with Crippen LogP contribution < -0.4 is 15.8 Å². The van der Waals surface area contributed by atoms with Gasteiger partial charge < -0.3 is 15.8 Å². The smallest absolute Gasteiger partial charge is 0.149 e. The van der Waals surface area contributed by atoms with Crippen LogP contribution in [0.3, 0.4) is 0 Å². The number of nitrogen functional groups attached to an aromatic ring is 1. The molecule has 2 rings (SSSR count). The molecule has 0 saturated heterocycles. The van der Waals surface area contributed by atoms with Crippen LogP contribution in [0.15, 0.2) is 34.9 Å². The molecule has 0 saturated carbocycles. The molecule has 1 heterocycles. The van der Waals surface area contributed by atoms with E-state index in [0.717, 1.165) is 15.9 Å². The van der Waals surface area contributed by atoms with Gasteiger partial charge in [0.05, 0.1) is 24.0 Å². The molecule has 0 atom stereocenters. The highest BCUT2D eigenvalue weighted by Crippen LogP contribution is 2.29. The Morgan fingerprint density at radius 1 is 1.33 bits per heavy atom. The van der Waals surface area contributed by atoms with E-state index in [1.807, 2.05) is 18.2 Å². The summed E-state index contributed by atoms with van der Waals surface area (Å²) in [6.07, 6.45) is 1.55. The van der Waals surface area contributed by atoms with Gasteiger partial charge in [0.1, 0.15) is 11.6 Å². The molecule has 0 amide bonds. The molecule has 94 valence electrons. The number of pyridine rings is 1. The minimum atomic E-state index is 0.467. The van der Waals surface area contributed by atoms with Crippen LogP contribution in [0.1, 0.15) is 0 Å². The predicted octanol–water partition coefficient (Wildman–Crippen LogP) is 3.83. The van der Waals surface area contributed by atoms with Gasteiger partial charge in [0, 0.05) is 16.2 Å². The second-order valence-electron chi connectivity index (χ2n) is 3.60. The molecule has 3 N–H and O–H groups in total. The fourth-order valence-corrected chi connectivity index (χ4v) is 2.13. The highest BCUT2D eigenvalue weighted by Gasteiger charge is 2.05. The Morgan fingerprint density at radius 3 is 2.78 bits per heavy atom. The number of anilines is 3. The molecule has 0 radical (unpaired) electrons. The van der Waals surface area contributed by atoms with Crippen molar-refractivity contribution in [3.8, 4) is 5.75 Å². The minimum absolute atomic E-state index is 0.467. The first kappa shape index (κ1) is 13.0. The number of methoxy groups -OCH3 is 1. The summed E-state index contributed by atoms with van der Waals surface area (Å²) in [6, 6.07) is 7.26. The zero-order chi connectivity index (χ0) is 13.1. The van der Waals surface area contributed by atoms with Gasteiger partial charge >= 0.3 is 0 Å². The maximum Gasteiger partial charge on any atom is 0.149 e.